The summed E-state index contributed by atoms with van der Waals surface area (Å²) in [6.45, 7) is 4.88. The molecule has 2 aliphatic rings. The Morgan fingerprint density at radius 2 is 1.88 bits per heavy atom. The van der Waals surface area contributed by atoms with Gasteiger partial charge in [0, 0.05) is 44.2 Å². The number of aromatic nitrogens is 2. The van der Waals surface area contributed by atoms with Crippen molar-refractivity contribution in [1.82, 2.24) is 15.1 Å². The van der Waals surface area contributed by atoms with Crippen LogP contribution in [0.1, 0.15) is 29.3 Å². The minimum absolute atomic E-state index is 0.688. The lowest BCUT2D eigenvalue weighted by molar-refractivity contribution is 0.245. The summed E-state index contributed by atoms with van der Waals surface area (Å²) < 4.78 is 10.8. The van der Waals surface area contributed by atoms with E-state index in [0.29, 0.717) is 5.92 Å². The molecule has 2 heterocycles. The van der Waals surface area contributed by atoms with Gasteiger partial charge < -0.3 is 14.4 Å². The van der Waals surface area contributed by atoms with Gasteiger partial charge in [0.05, 0.1) is 14.2 Å². The van der Waals surface area contributed by atoms with Gasteiger partial charge in [-0.3, -0.25) is 4.90 Å². The van der Waals surface area contributed by atoms with Gasteiger partial charge in [-0.05, 0) is 31.0 Å². The summed E-state index contributed by atoms with van der Waals surface area (Å²) in [5.41, 5.74) is 1.17. The summed E-state index contributed by atoms with van der Waals surface area (Å²) in [5.74, 6) is 2.48. The van der Waals surface area contributed by atoms with E-state index in [2.05, 4.69) is 26.1 Å². The van der Waals surface area contributed by atoms with Crippen molar-refractivity contribution in [3.8, 4) is 11.5 Å². The molecule has 2 aromatic rings. The number of piperazine rings is 1. The monoisotopic (exact) mass is 360 g/mol. The Bertz CT molecular complexity index is 724. The predicted octanol–water partition coefficient (Wildman–Crippen LogP) is 2.75. The van der Waals surface area contributed by atoms with E-state index in [1.54, 1.807) is 25.6 Å². The van der Waals surface area contributed by atoms with Gasteiger partial charge in [-0.1, -0.05) is 11.3 Å². The molecule has 1 aliphatic carbocycles. The van der Waals surface area contributed by atoms with E-state index in [9.17, 15) is 0 Å². The third-order valence-electron chi connectivity index (χ3n) is 4.88. The number of methoxy groups -OCH3 is 2. The smallest absolute Gasteiger partial charge is 0.208 e. The highest BCUT2D eigenvalue weighted by Gasteiger charge is 2.29. The van der Waals surface area contributed by atoms with E-state index in [0.717, 1.165) is 49.4 Å². The summed E-state index contributed by atoms with van der Waals surface area (Å²) in [4.78, 5) is 4.82. The van der Waals surface area contributed by atoms with Crippen molar-refractivity contribution in [2.75, 3.05) is 45.3 Å². The molecule has 1 aromatic carbocycles. The van der Waals surface area contributed by atoms with Crippen LogP contribution in [0.3, 0.4) is 0 Å². The molecule has 1 aromatic heterocycles. The van der Waals surface area contributed by atoms with Crippen molar-refractivity contribution in [1.29, 1.82) is 0 Å². The SMILES string of the molecule is COc1ccc(OC)c(CN2CCN(c3nnc(C4CC4)s3)CC2)c1. The predicted molar refractivity (Wildman–Crippen MR) is 98.9 cm³/mol. The van der Waals surface area contributed by atoms with Gasteiger partial charge in [0.2, 0.25) is 5.13 Å². The standard InChI is InChI=1S/C18H24N4O2S/c1-23-15-5-6-16(24-2)14(11-15)12-21-7-9-22(10-8-21)18-20-19-17(25-18)13-3-4-13/h5-6,11,13H,3-4,7-10,12H2,1-2H3. The number of hydrogen-bond acceptors (Lipinski definition) is 7. The largest absolute Gasteiger partial charge is 0.497 e. The third kappa shape index (κ3) is 3.72. The highest BCUT2D eigenvalue weighted by molar-refractivity contribution is 7.15. The van der Waals surface area contributed by atoms with Crippen molar-refractivity contribution in [3.63, 3.8) is 0 Å². The normalized spacial score (nSPS) is 18.4. The zero-order valence-corrected chi connectivity index (χ0v) is 15.6. The molecule has 1 aliphatic heterocycles. The molecule has 4 rings (SSSR count). The van der Waals surface area contributed by atoms with E-state index in [4.69, 9.17) is 9.47 Å². The first-order valence-electron chi connectivity index (χ1n) is 8.78. The van der Waals surface area contributed by atoms with Gasteiger partial charge in [-0.2, -0.15) is 0 Å². The molecule has 25 heavy (non-hydrogen) atoms. The summed E-state index contributed by atoms with van der Waals surface area (Å²) >= 11 is 1.77. The number of ether oxygens (including phenoxy) is 2. The average Bonchev–Trinajstić information content (AvgIpc) is 3.39. The van der Waals surface area contributed by atoms with Crippen LogP contribution in [0.5, 0.6) is 11.5 Å². The molecule has 0 atom stereocenters. The van der Waals surface area contributed by atoms with Gasteiger partial charge in [0.15, 0.2) is 0 Å². The van der Waals surface area contributed by atoms with E-state index in [1.165, 1.54) is 23.4 Å². The molecular formula is C18H24N4O2S. The lowest BCUT2D eigenvalue weighted by Crippen LogP contribution is -2.46. The second-order valence-electron chi connectivity index (χ2n) is 6.64. The maximum absolute atomic E-state index is 5.50. The molecule has 0 amide bonds. The summed E-state index contributed by atoms with van der Waals surface area (Å²) in [5, 5.41) is 11.1. The average molecular weight is 360 g/mol. The quantitative estimate of drug-likeness (QED) is 0.790. The van der Waals surface area contributed by atoms with Crippen molar-refractivity contribution in [2.24, 2.45) is 0 Å². The molecule has 0 bridgehead atoms. The molecule has 0 radical (unpaired) electrons. The van der Waals surface area contributed by atoms with Gasteiger partial charge in [0.1, 0.15) is 16.5 Å². The third-order valence-corrected chi connectivity index (χ3v) is 6.03. The molecule has 6 nitrogen and oxygen atoms in total. The van der Waals surface area contributed by atoms with E-state index in [1.807, 2.05) is 12.1 Å². The fourth-order valence-electron chi connectivity index (χ4n) is 3.19. The van der Waals surface area contributed by atoms with Crippen LogP contribution in [-0.4, -0.2) is 55.5 Å². The Kier molecular flexibility index (Phi) is 4.76. The van der Waals surface area contributed by atoms with Crippen LogP contribution >= 0.6 is 11.3 Å². The van der Waals surface area contributed by atoms with Crippen LogP contribution in [0.25, 0.3) is 0 Å². The van der Waals surface area contributed by atoms with Crippen LogP contribution in [0.2, 0.25) is 0 Å². The zero-order valence-electron chi connectivity index (χ0n) is 14.8. The minimum Gasteiger partial charge on any atom is -0.497 e. The first kappa shape index (κ1) is 16.6. The summed E-state index contributed by atoms with van der Waals surface area (Å²) in [6, 6.07) is 5.98. The van der Waals surface area contributed by atoms with Gasteiger partial charge in [-0.25, -0.2) is 0 Å². The Morgan fingerprint density at radius 1 is 1.08 bits per heavy atom. The van der Waals surface area contributed by atoms with Crippen molar-refractivity contribution in [2.45, 2.75) is 25.3 Å². The molecular weight excluding hydrogens is 336 g/mol. The van der Waals surface area contributed by atoms with E-state index < -0.39 is 0 Å². The fourth-order valence-corrected chi connectivity index (χ4v) is 4.26. The topological polar surface area (TPSA) is 50.7 Å². The number of rotatable bonds is 6. The first-order valence-corrected chi connectivity index (χ1v) is 9.60. The molecule has 0 unspecified atom stereocenters. The van der Waals surface area contributed by atoms with Crippen molar-refractivity contribution >= 4 is 16.5 Å². The van der Waals surface area contributed by atoms with Crippen LogP contribution in [0.15, 0.2) is 18.2 Å². The molecule has 0 N–H and O–H groups in total. The lowest BCUT2D eigenvalue weighted by Gasteiger charge is -2.34. The van der Waals surface area contributed by atoms with Crippen LogP contribution in [-0.2, 0) is 6.54 Å². The van der Waals surface area contributed by atoms with E-state index in [-0.39, 0.29) is 0 Å². The summed E-state index contributed by atoms with van der Waals surface area (Å²) in [6.07, 6.45) is 2.57. The van der Waals surface area contributed by atoms with Crippen molar-refractivity contribution < 1.29 is 9.47 Å². The maximum Gasteiger partial charge on any atom is 0.208 e. The first-order chi connectivity index (χ1) is 12.3. The van der Waals surface area contributed by atoms with Crippen LogP contribution < -0.4 is 14.4 Å². The Labute approximate surface area is 152 Å². The van der Waals surface area contributed by atoms with Crippen molar-refractivity contribution in [3.05, 3.63) is 28.8 Å². The fraction of sp³-hybridized carbons (Fsp3) is 0.556. The van der Waals surface area contributed by atoms with Gasteiger partial charge in [-0.15, -0.1) is 10.2 Å². The number of nitrogens with zero attached hydrogens (tertiary/aromatic N) is 4. The number of benzene rings is 1. The van der Waals surface area contributed by atoms with Gasteiger partial charge >= 0.3 is 0 Å². The highest BCUT2D eigenvalue weighted by Crippen LogP contribution is 2.42. The highest BCUT2D eigenvalue weighted by atomic mass is 32.1. The summed E-state index contributed by atoms with van der Waals surface area (Å²) in [7, 11) is 3.42. The zero-order chi connectivity index (χ0) is 17.2. The Morgan fingerprint density at radius 3 is 2.56 bits per heavy atom. The molecule has 1 saturated heterocycles. The molecule has 134 valence electrons. The maximum atomic E-state index is 5.50. The molecule has 7 heteroatoms. The minimum atomic E-state index is 0.688. The number of hydrogen-bond donors (Lipinski definition) is 0. The lowest BCUT2D eigenvalue weighted by atomic mass is 10.1. The second-order valence-corrected chi connectivity index (χ2v) is 7.63. The van der Waals surface area contributed by atoms with Crippen LogP contribution in [0.4, 0.5) is 5.13 Å². The number of anilines is 1. The van der Waals surface area contributed by atoms with Gasteiger partial charge in [0.25, 0.3) is 0 Å². The molecule has 1 saturated carbocycles. The second kappa shape index (κ2) is 7.17. The van der Waals surface area contributed by atoms with E-state index >= 15 is 0 Å². The molecule has 2 fully saturated rings. The molecule has 0 spiro atoms. The van der Waals surface area contributed by atoms with Crippen LogP contribution in [0, 0.1) is 0 Å². The Balaban J connectivity index is 1.37. The Hall–Kier alpha value is -1.86.